The van der Waals surface area contributed by atoms with Gasteiger partial charge < -0.3 is 10.7 Å². The Hall–Kier alpha value is -2.84. The number of thiophene rings is 1. The van der Waals surface area contributed by atoms with Crippen LogP contribution in [0, 0.1) is 11.3 Å². The third kappa shape index (κ3) is 3.65. The molecule has 2 aromatic heterocycles. The van der Waals surface area contributed by atoms with Crippen molar-refractivity contribution in [2.24, 2.45) is 0 Å². The molecule has 1 aromatic carbocycles. The molecule has 4 nitrogen and oxygen atoms in total. The van der Waals surface area contributed by atoms with Gasteiger partial charge in [0.1, 0.15) is 11.6 Å². The molecule has 0 amide bonds. The molecule has 3 N–H and O–H groups in total. The number of benzene rings is 1. The Bertz CT molecular complexity index is 977. The lowest BCUT2D eigenvalue weighted by Gasteiger charge is -2.07. The molecule has 0 saturated carbocycles. The highest BCUT2D eigenvalue weighted by Crippen LogP contribution is 2.32. The fourth-order valence-corrected chi connectivity index (χ4v) is 3.76. The first-order chi connectivity index (χ1) is 12.1. The van der Waals surface area contributed by atoms with Gasteiger partial charge in [0.05, 0.1) is 0 Å². The van der Waals surface area contributed by atoms with Crippen molar-refractivity contribution in [3.05, 3.63) is 63.3 Å². The number of nitrogens with one attached hydrogen (secondary N) is 1. The standard InChI is InChI=1S/C20H19N3OS/c1-2-3-4-15-9-10-19(25-15)16-11-18(23-20(24)17(16)12-21)13-5-7-14(22)8-6-13/h5-11H,2-4,22H2,1H3,(H,23,24). The van der Waals surface area contributed by atoms with Crippen LogP contribution in [-0.2, 0) is 6.42 Å². The number of nitrogens with zero attached hydrogens (tertiary/aromatic N) is 1. The number of pyridine rings is 1. The molecule has 0 aliphatic carbocycles. The highest BCUT2D eigenvalue weighted by atomic mass is 32.1. The normalized spacial score (nSPS) is 10.6. The fraction of sp³-hybridized carbons (Fsp3) is 0.200. The molecule has 0 spiro atoms. The first-order valence-electron chi connectivity index (χ1n) is 8.24. The minimum absolute atomic E-state index is 0.156. The van der Waals surface area contributed by atoms with E-state index in [0.717, 1.165) is 29.7 Å². The number of nitrogens with two attached hydrogens (primary N) is 1. The molecule has 0 fully saturated rings. The van der Waals surface area contributed by atoms with Crippen LogP contribution in [0.5, 0.6) is 0 Å². The van der Waals surface area contributed by atoms with Crippen molar-refractivity contribution >= 4 is 17.0 Å². The van der Waals surface area contributed by atoms with Crippen LogP contribution in [0.2, 0.25) is 0 Å². The number of aryl methyl sites for hydroxylation is 1. The van der Waals surface area contributed by atoms with Crippen molar-refractivity contribution < 1.29 is 0 Å². The third-order valence-corrected chi connectivity index (χ3v) is 5.25. The second-order valence-corrected chi connectivity index (χ2v) is 7.07. The molecule has 0 aliphatic rings. The zero-order valence-electron chi connectivity index (χ0n) is 14.0. The summed E-state index contributed by atoms with van der Waals surface area (Å²) in [5.74, 6) is 0. The Kier molecular flexibility index (Phi) is 5.01. The lowest BCUT2D eigenvalue weighted by atomic mass is 10.0. The number of anilines is 1. The van der Waals surface area contributed by atoms with Gasteiger partial charge in [0.15, 0.2) is 0 Å². The number of H-pyrrole nitrogens is 1. The number of rotatable bonds is 5. The summed E-state index contributed by atoms with van der Waals surface area (Å²) in [4.78, 5) is 17.4. The van der Waals surface area contributed by atoms with Crippen molar-refractivity contribution in [3.63, 3.8) is 0 Å². The summed E-state index contributed by atoms with van der Waals surface area (Å²) >= 11 is 1.65. The average molecular weight is 349 g/mol. The van der Waals surface area contributed by atoms with Crippen LogP contribution in [-0.4, -0.2) is 4.98 Å². The van der Waals surface area contributed by atoms with Gasteiger partial charge >= 0.3 is 0 Å². The van der Waals surface area contributed by atoms with Crippen LogP contribution in [0.15, 0.2) is 47.3 Å². The van der Waals surface area contributed by atoms with E-state index in [2.05, 4.69) is 18.0 Å². The van der Waals surface area contributed by atoms with Crippen LogP contribution >= 0.6 is 11.3 Å². The monoisotopic (exact) mass is 349 g/mol. The van der Waals surface area contributed by atoms with E-state index in [1.165, 1.54) is 4.88 Å². The van der Waals surface area contributed by atoms with E-state index >= 15 is 0 Å². The number of unbranched alkanes of at least 4 members (excludes halogenated alkanes) is 1. The SMILES string of the molecule is CCCCc1ccc(-c2cc(-c3ccc(N)cc3)[nH]c(=O)c2C#N)s1. The Balaban J connectivity index is 2.08. The number of nitriles is 1. The summed E-state index contributed by atoms with van der Waals surface area (Å²) in [6.07, 6.45) is 3.30. The average Bonchev–Trinajstić information content (AvgIpc) is 3.08. The number of nitrogen functional groups attached to an aromatic ring is 1. The van der Waals surface area contributed by atoms with Crippen molar-refractivity contribution in [3.8, 4) is 27.8 Å². The predicted octanol–water partition coefficient (Wildman–Crippen LogP) is 4.57. The highest BCUT2D eigenvalue weighted by Gasteiger charge is 2.14. The summed E-state index contributed by atoms with van der Waals surface area (Å²) in [6, 6.07) is 15.3. The van der Waals surface area contributed by atoms with Gasteiger partial charge in [-0.3, -0.25) is 4.79 Å². The predicted molar refractivity (Wildman–Crippen MR) is 104 cm³/mol. The van der Waals surface area contributed by atoms with Gasteiger partial charge in [-0.1, -0.05) is 25.5 Å². The first kappa shape index (κ1) is 17.0. The summed E-state index contributed by atoms with van der Waals surface area (Å²) in [5, 5.41) is 9.42. The third-order valence-electron chi connectivity index (χ3n) is 4.07. The van der Waals surface area contributed by atoms with Gasteiger partial charge in [-0.15, -0.1) is 11.3 Å². The van der Waals surface area contributed by atoms with Gasteiger partial charge in [0.25, 0.3) is 5.56 Å². The van der Waals surface area contributed by atoms with Crippen LogP contribution < -0.4 is 11.3 Å². The summed E-state index contributed by atoms with van der Waals surface area (Å²) < 4.78 is 0. The van der Waals surface area contributed by atoms with Gasteiger partial charge in [-0.2, -0.15) is 5.26 Å². The Labute approximate surface area is 150 Å². The Morgan fingerprint density at radius 3 is 2.64 bits per heavy atom. The number of aromatic amines is 1. The molecule has 5 heteroatoms. The van der Waals surface area contributed by atoms with Crippen LogP contribution in [0.25, 0.3) is 21.7 Å². The van der Waals surface area contributed by atoms with E-state index in [4.69, 9.17) is 5.73 Å². The molecule has 3 rings (SSSR count). The topological polar surface area (TPSA) is 82.7 Å². The molecular weight excluding hydrogens is 330 g/mol. The van der Waals surface area contributed by atoms with Crippen molar-refractivity contribution in [2.75, 3.05) is 5.73 Å². The second kappa shape index (κ2) is 7.37. The maximum atomic E-state index is 12.4. The zero-order valence-corrected chi connectivity index (χ0v) is 14.8. The lowest BCUT2D eigenvalue weighted by molar-refractivity contribution is 0.804. The van der Waals surface area contributed by atoms with E-state index in [1.54, 1.807) is 23.5 Å². The van der Waals surface area contributed by atoms with Gasteiger partial charge in [-0.25, -0.2) is 0 Å². The fourth-order valence-electron chi connectivity index (χ4n) is 2.69. The van der Waals surface area contributed by atoms with E-state index in [-0.39, 0.29) is 11.1 Å². The number of hydrogen-bond acceptors (Lipinski definition) is 4. The van der Waals surface area contributed by atoms with Crippen LogP contribution in [0.4, 0.5) is 5.69 Å². The molecule has 0 radical (unpaired) electrons. The lowest BCUT2D eigenvalue weighted by Crippen LogP contribution is -2.12. The number of hydrogen-bond donors (Lipinski definition) is 2. The van der Waals surface area contributed by atoms with E-state index in [0.29, 0.717) is 16.9 Å². The largest absolute Gasteiger partial charge is 0.399 e. The molecule has 0 atom stereocenters. The van der Waals surface area contributed by atoms with Crippen molar-refractivity contribution in [2.45, 2.75) is 26.2 Å². The molecule has 2 heterocycles. The van der Waals surface area contributed by atoms with E-state index < -0.39 is 0 Å². The maximum absolute atomic E-state index is 12.4. The smallest absolute Gasteiger partial charge is 0.267 e. The van der Waals surface area contributed by atoms with Crippen LogP contribution in [0.3, 0.4) is 0 Å². The van der Waals surface area contributed by atoms with E-state index in [1.807, 2.05) is 30.3 Å². The highest BCUT2D eigenvalue weighted by molar-refractivity contribution is 7.15. The molecule has 0 bridgehead atoms. The molecular formula is C20H19N3OS. The number of aromatic nitrogens is 1. The van der Waals surface area contributed by atoms with Crippen molar-refractivity contribution in [1.82, 2.24) is 4.98 Å². The molecule has 25 heavy (non-hydrogen) atoms. The second-order valence-electron chi connectivity index (χ2n) is 5.90. The van der Waals surface area contributed by atoms with Gasteiger partial charge in [-0.05, 0) is 48.7 Å². The van der Waals surface area contributed by atoms with Gasteiger partial charge in [0.2, 0.25) is 0 Å². The molecule has 126 valence electrons. The molecule has 3 aromatic rings. The minimum Gasteiger partial charge on any atom is -0.399 e. The molecule has 0 aliphatic heterocycles. The summed E-state index contributed by atoms with van der Waals surface area (Å²) in [5.41, 5.74) is 8.42. The zero-order chi connectivity index (χ0) is 17.8. The van der Waals surface area contributed by atoms with Crippen molar-refractivity contribution in [1.29, 1.82) is 5.26 Å². The summed E-state index contributed by atoms with van der Waals surface area (Å²) in [7, 11) is 0. The van der Waals surface area contributed by atoms with E-state index in [9.17, 15) is 10.1 Å². The Morgan fingerprint density at radius 2 is 1.96 bits per heavy atom. The molecule has 0 unspecified atom stereocenters. The van der Waals surface area contributed by atoms with Crippen LogP contribution in [0.1, 0.15) is 30.2 Å². The maximum Gasteiger partial charge on any atom is 0.267 e. The quantitative estimate of drug-likeness (QED) is 0.662. The minimum atomic E-state index is -0.365. The summed E-state index contributed by atoms with van der Waals surface area (Å²) in [6.45, 7) is 2.16. The molecule has 0 saturated heterocycles. The first-order valence-corrected chi connectivity index (χ1v) is 9.06. The Morgan fingerprint density at radius 1 is 1.20 bits per heavy atom. The van der Waals surface area contributed by atoms with Gasteiger partial charge in [0, 0.05) is 26.7 Å².